The number of aromatic nitrogens is 2. The molecule has 0 unspecified atom stereocenters. The van der Waals surface area contributed by atoms with Crippen LogP contribution in [0.5, 0.6) is 0 Å². The van der Waals surface area contributed by atoms with E-state index in [0.29, 0.717) is 15.0 Å². The smallest absolute Gasteiger partial charge is 0.349 e. The molecular formula is C21H24ClN5O2S2. The molecule has 0 amide bonds. The molecule has 3 aromatic rings. The Balaban J connectivity index is 1.37. The topological polar surface area (TPSA) is 62.6 Å². The number of carbonyl (C=O) groups is 1. The zero-order valence-electron chi connectivity index (χ0n) is 17.6. The Bertz CT molecular complexity index is 1130. The summed E-state index contributed by atoms with van der Waals surface area (Å²) < 4.78 is 7.63. The van der Waals surface area contributed by atoms with Crippen LogP contribution >= 0.6 is 35.2 Å². The highest BCUT2D eigenvalue weighted by Gasteiger charge is 2.21. The molecule has 4 rings (SSSR count). The van der Waals surface area contributed by atoms with Crippen LogP contribution in [0.2, 0.25) is 5.02 Å². The van der Waals surface area contributed by atoms with Gasteiger partial charge in [0.25, 0.3) is 0 Å². The van der Waals surface area contributed by atoms with Crippen molar-refractivity contribution in [3.63, 3.8) is 0 Å². The summed E-state index contributed by atoms with van der Waals surface area (Å²) in [7, 11) is 3.32. The summed E-state index contributed by atoms with van der Waals surface area (Å²) in [5, 5.41) is 9.62. The Morgan fingerprint density at radius 1 is 1.32 bits per heavy atom. The fourth-order valence-corrected chi connectivity index (χ4v) is 5.39. The Hall–Kier alpha value is -2.20. The highest BCUT2D eigenvalue weighted by Crippen LogP contribution is 2.37. The van der Waals surface area contributed by atoms with Crippen LogP contribution in [0, 0.1) is 6.92 Å². The molecule has 2 aromatic heterocycles. The minimum atomic E-state index is -0.421. The van der Waals surface area contributed by atoms with Crippen LogP contribution in [-0.4, -0.2) is 64.0 Å². The van der Waals surface area contributed by atoms with Crippen molar-refractivity contribution < 1.29 is 9.53 Å². The van der Waals surface area contributed by atoms with Crippen LogP contribution in [0.3, 0.4) is 0 Å². The van der Waals surface area contributed by atoms with Crippen LogP contribution in [-0.2, 0) is 18.3 Å². The third-order valence-electron chi connectivity index (χ3n) is 5.64. The van der Waals surface area contributed by atoms with Crippen LogP contribution in [0.1, 0.15) is 20.9 Å². The number of anilines is 1. The number of thiocarbonyl (C=S) groups is 1. The predicted molar refractivity (Wildman–Crippen MR) is 129 cm³/mol. The second-order valence-corrected chi connectivity index (χ2v) is 9.34. The molecule has 1 fully saturated rings. The lowest BCUT2D eigenvalue weighted by Gasteiger charge is -2.36. The van der Waals surface area contributed by atoms with Crippen molar-refractivity contribution in [1.82, 2.24) is 19.6 Å². The standard InChI is InChI=1S/C21H24ClN5O2S2/c1-13-14(11-23-25(13)2)12-26-6-8-27(9-7-26)21(30)24-15-4-5-16-17(10-15)31-19(18(16)22)20(28)29-3/h4-5,10-11H,6-9,12H2,1-3H3,(H,24,30). The largest absolute Gasteiger partial charge is 0.465 e. The number of methoxy groups -OCH3 is 1. The van der Waals surface area contributed by atoms with Crippen molar-refractivity contribution in [2.75, 3.05) is 38.6 Å². The molecule has 10 heteroatoms. The van der Waals surface area contributed by atoms with Gasteiger partial charge >= 0.3 is 5.97 Å². The lowest BCUT2D eigenvalue weighted by Crippen LogP contribution is -2.49. The second kappa shape index (κ2) is 9.12. The number of fused-ring (bicyclic) bond motifs is 1. The van der Waals surface area contributed by atoms with E-state index in [1.54, 1.807) is 0 Å². The number of hydrogen-bond acceptors (Lipinski definition) is 6. The van der Waals surface area contributed by atoms with Crippen LogP contribution in [0.15, 0.2) is 24.4 Å². The maximum absolute atomic E-state index is 11.9. The summed E-state index contributed by atoms with van der Waals surface area (Å²) in [6, 6.07) is 5.79. The lowest BCUT2D eigenvalue weighted by molar-refractivity contribution is 0.0606. The van der Waals surface area contributed by atoms with Crippen molar-refractivity contribution in [3.05, 3.63) is 45.6 Å². The molecule has 0 bridgehead atoms. The van der Waals surface area contributed by atoms with Gasteiger partial charge < -0.3 is 15.0 Å². The zero-order valence-corrected chi connectivity index (χ0v) is 20.0. The molecule has 0 saturated carbocycles. The molecule has 164 valence electrons. The molecule has 1 aliphatic heterocycles. The summed E-state index contributed by atoms with van der Waals surface area (Å²) in [6.07, 6.45) is 1.95. The van der Waals surface area contributed by atoms with E-state index in [1.807, 2.05) is 36.1 Å². The molecule has 0 aliphatic carbocycles. The van der Waals surface area contributed by atoms with E-state index in [9.17, 15) is 4.79 Å². The monoisotopic (exact) mass is 477 g/mol. The van der Waals surface area contributed by atoms with E-state index in [1.165, 1.54) is 29.7 Å². The Labute approximate surface area is 195 Å². The van der Waals surface area contributed by atoms with Gasteiger partial charge in [-0.15, -0.1) is 11.3 Å². The van der Waals surface area contributed by atoms with Crippen molar-refractivity contribution in [1.29, 1.82) is 0 Å². The number of esters is 1. The maximum atomic E-state index is 11.9. The summed E-state index contributed by atoms with van der Waals surface area (Å²) in [5.74, 6) is -0.421. The first-order chi connectivity index (χ1) is 14.9. The van der Waals surface area contributed by atoms with Crippen molar-refractivity contribution in [2.45, 2.75) is 13.5 Å². The number of ether oxygens (including phenoxy) is 1. The maximum Gasteiger partial charge on any atom is 0.349 e. The molecule has 3 heterocycles. The summed E-state index contributed by atoms with van der Waals surface area (Å²) >= 11 is 13.3. The van der Waals surface area contributed by atoms with Crippen molar-refractivity contribution >= 4 is 62.0 Å². The number of benzene rings is 1. The van der Waals surface area contributed by atoms with E-state index in [0.717, 1.165) is 48.5 Å². The van der Waals surface area contributed by atoms with Crippen molar-refractivity contribution in [3.8, 4) is 0 Å². The van der Waals surface area contributed by atoms with E-state index < -0.39 is 5.97 Å². The summed E-state index contributed by atoms with van der Waals surface area (Å²) in [4.78, 5) is 16.9. The van der Waals surface area contributed by atoms with E-state index in [4.69, 9.17) is 28.6 Å². The molecule has 7 nitrogen and oxygen atoms in total. The molecule has 1 saturated heterocycles. The van der Waals surface area contributed by atoms with E-state index in [2.05, 4.69) is 27.1 Å². The highest BCUT2D eigenvalue weighted by molar-refractivity contribution is 7.80. The van der Waals surface area contributed by atoms with Crippen LogP contribution in [0.4, 0.5) is 5.69 Å². The normalized spacial score (nSPS) is 14.8. The molecule has 0 radical (unpaired) electrons. The van der Waals surface area contributed by atoms with Gasteiger partial charge in [-0.25, -0.2) is 4.79 Å². The number of rotatable bonds is 4. The van der Waals surface area contributed by atoms with E-state index >= 15 is 0 Å². The van der Waals surface area contributed by atoms with Gasteiger partial charge in [-0.3, -0.25) is 9.58 Å². The fraction of sp³-hybridized carbons (Fsp3) is 0.381. The second-order valence-electron chi connectivity index (χ2n) is 7.52. The fourth-order valence-electron chi connectivity index (χ4n) is 3.62. The first kappa shape index (κ1) is 22.0. The van der Waals surface area contributed by atoms with Crippen LogP contribution in [0.25, 0.3) is 10.1 Å². The third-order valence-corrected chi connectivity index (χ3v) is 7.64. The van der Waals surface area contributed by atoms with Gasteiger partial charge in [0.15, 0.2) is 5.11 Å². The van der Waals surface area contributed by atoms with Gasteiger partial charge in [-0.2, -0.15) is 5.10 Å². The molecule has 1 aliphatic rings. The number of piperazine rings is 1. The molecule has 1 aromatic carbocycles. The van der Waals surface area contributed by atoms with Crippen molar-refractivity contribution in [2.24, 2.45) is 7.05 Å². The first-order valence-electron chi connectivity index (χ1n) is 9.93. The molecule has 1 N–H and O–H groups in total. The van der Waals surface area contributed by atoms with Crippen LogP contribution < -0.4 is 5.32 Å². The third kappa shape index (κ3) is 4.55. The number of hydrogen-bond donors (Lipinski definition) is 1. The quantitative estimate of drug-likeness (QED) is 0.451. The lowest BCUT2D eigenvalue weighted by atomic mass is 10.2. The minimum absolute atomic E-state index is 0.416. The number of carbonyl (C=O) groups excluding carboxylic acids is 1. The Morgan fingerprint density at radius 3 is 2.71 bits per heavy atom. The number of nitrogens with zero attached hydrogens (tertiary/aromatic N) is 4. The van der Waals surface area contributed by atoms with Gasteiger partial charge in [0.05, 0.1) is 18.3 Å². The summed E-state index contributed by atoms with van der Waals surface area (Å²) in [5.41, 5.74) is 3.35. The van der Waals surface area contributed by atoms with Gasteiger partial charge in [-0.05, 0) is 37.3 Å². The minimum Gasteiger partial charge on any atom is -0.465 e. The number of thiophene rings is 1. The Morgan fingerprint density at radius 2 is 2.06 bits per heavy atom. The average molecular weight is 478 g/mol. The SMILES string of the molecule is COC(=O)c1sc2cc(NC(=S)N3CCN(Cc4cnn(C)c4C)CC3)ccc2c1Cl. The number of nitrogens with one attached hydrogen (secondary N) is 1. The number of aryl methyl sites for hydroxylation is 1. The van der Waals surface area contributed by atoms with Gasteiger partial charge in [0.2, 0.25) is 0 Å². The highest BCUT2D eigenvalue weighted by atomic mass is 35.5. The predicted octanol–water partition coefficient (Wildman–Crippen LogP) is 3.90. The average Bonchev–Trinajstić information content (AvgIpc) is 3.27. The molecule has 0 spiro atoms. The molecule has 31 heavy (non-hydrogen) atoms. The number of halogens is 1. The summed E-state index contributed by atoms with van der Waals surface area (Å²) in [6.45, 7) is 6.63. The molecule has 0 atom stereocenters. The first-order valence-corrected chi connectivity index (χ1v) is 11.5. The zero-order chi connectivity index (χ0) is 22.1. The van der Waals surface area contributed by atoms with Gasteiger partial charge in [0, 0.05) is 66.8 Å². The van der Waals surface area contributed by atoms with E-state index in [-0.39, 0.29) is 0 Å². The van der Waals surface area contributed by atoms with Gasteiger partial charge in [-0.1, -0.05) is 11.6 Å². The Kier molecular flexibility index (Phi) is 6.47. The van der Waals surface area contributed by atoms with Gasteiger partial charge in [0.1, 0.15) is 4.88 Å². The molecular weight excluding hydrogens is 454 g/mol.